The summed E-state index contributed by atoms with van der Waals surface area (Å²) in [6.45, 7) is 0. The molecule has 1 amide bonds. The van der Waals surface area contributed by atoms with Crippen LogP contribution in [0, 0.1) is 5.41 Å². The number of aromatic amines is 1. The number of rotatable bonds is 4. The van der Waals surface area contributed by atoms with E-state index in [2.05, 4.69) is 28.5 Å². The molecule has 0 spiro atoms. The molecule has 6 heteroatoms. The lowest BCUT2D eigenvalue weighted by atomic mass is 10.0. The van der Waals surface area contributed by atoms with Crippen LogP contribution in [0.1, 0.15) is 15.9 Å². The van der Waals surface area contributed by atoms with Crippen molar-refractivity contribution < 1.29 is 4.79 Å². The summed E-state index contributed by atoms with van der Waals surface area (Å²) >= 11 is 1.64. The molecule has 0 saturated carbocycles. The number of aromatic nitrogens is 1. The number of carbonyl (C=O) groups excluding carboxylic acids is 1. The Bertz CT molecular complexity index is 1400. The summed E-state index contributed by atoms with van der Waals surface area (Å²) in [5.41, 5.74) is 10.3. The molecule has 0 atom stereocenters. The van der Waals surface area contributed by atoms with Gasteiger partial charge >= 0.3 is 0 Å². The van der Waals surface area contributed by atoms with E-state index in [-0.39, 0.29) is 5.91 Å². The number of thiophene rings is 1. The van der Waals surface area contributed by atoms with Crippen molar-refractivity contribution >= 4 is 55.8 Å². The molecular weight excluding hydrogens is 392 g/mol. The Morgan fingerprint density at radius 1 is 1.07 bits per heavy atom. The smallest absolute Gasteiger partial charge is 0.257 e. The third kappa shape index (κ3) is 3.03. The van der Waals surface area contributed by atoms with Gasteiger partial charge < -0.3 is 21.4 Å². The molecule has 3 aromatic carbocycles. The fourth-order valence-electron chi connectivity index (χ4n) is 3.64. The summed E-state index contributed by atoms with van der Waals surface area (Å²) in [6, 6.07) is 21.5. The van der Waals surface area contributed by atoms with E-state index in [9.17, 15) is 4.79 Å². The summed E-state index contributed by atoms with van der Waals surface area (Å²) in [5.74, 6) is -0.213. The van der Waals surface area contributed by atoms with Gasteiger partial charge in [-0.25, -0.2) is 0 Å². The van der Waals surface area contributed by atoms with E-state index >= 15 is 0 Å². The second kappa shape index (κ2) is 7.17. The lowest BCUT2D eigenvalue weighted by Gasteiger charge is -2.12. The SMILES string of the molecule is N=Cc1cc(NC(=O)c2c[nH]c3ccccc23)cc(-c2cc3ccccc3s2)c1N. The molecule has 0 aliphatic heterocycles. The van der Waals surface area contributed by atoms with Crippen molar-refractivity contribution in [2.75, 3.05) is 11.1 Å². The largest absolute Gasteiger partial charge is 0.398 e. The van der Waals surface area contributed by atoms with Crippen molar-refractivity contribution in [1.82, 2.24) is 4.98 Å². The number of hydrogen-bond donors (Lipinski definition) is 4. The molecule has 0 bridgehead atoms. The zero-order valence-corrected chi connectivity index (χ0v) is 16.7. The maximum atomic E-state index is 12.9. The number of fused-ring (bicyclic) bond motifs is 2. The average Bonchev–Trinajstić information content (AvgIpc) is 3.39. The van der Waals surface area contributed by atoms with Gasteiger partial charge in [-0.05, 0) is 35.7 Å². The number of nitrogen functional groups attached to an aromatic ring is 1. The second-order valence-corrected chi connectivity index (χ2v) is 8.11. The van der Waals surface area contributed by atoms with E-state index in [0.717, 1.165) is 31.4 Å². The van der Waals surface area contributed by atoms with Crippen LogP contribution in [0.5, 0.6) is 0 Å². The molecule has 146 valence electrons. The molecule has 2 heterocycles. The van der Waals surface area contributed by atoms with Crippen molar-refractivity contribution in [3.05, 3.63) is 84.1 Å². The summed E-state index contributed by atoms with van der Waals surface area (Å²) < 4.78 is 1.16. The van der Waals surface area contributed by atoms with E-state index < -0.39 is 0 Å². The average molecular weight is 411 g/mol. The van der Waals surface area contributed by atoms with E-state index in [1.807, 2.05) is 42.5 Å². The zero-order chi connectivity index (χ0) is 20.7. The lowest BCUT2D eigenvalue weighted by molar-refractivity contribution is 0.102. The maximum Gasteiger partial charge on any atom is 0.257 e. The Labute approximate surface area is 176 Å². The highest BCUT2D eigenvalue weighted by molar-refractivity contribution is 7.22. The first-order valence-electron chi connectivity index (χ1n) is 9.44. The predicted molar refractivity (Wildman–Crippen MR) is 126 cm³/mol. The Morgan fingerprint density at radius 3 is 2.70 bits per heavy atom. The Kier molecular flexibility index (Phi) is 4.34. The van der Waals surface area contributed by atoms with Gasteiger partial charge in [-0.15, -0.1) is 11.3 Å². The van der Waals surface area contributed by atoms with Crippen LogP contribution in [0.15, 0.2) is 72.9 Å². The van der Waals surface area contributed by atoms with E-state index in [4.69, 9.17) is 11.1 Å². The van der Waals surface area contributed by atoms with E-state index in [1.54, 1.807) is 23.6 Å². The van der Waals surface area contributed by atoms with Crippen molar-refractivity contribution in [1.29, 1.82) is 5.41 Å². The van der Waals surface area contributed by atoms with Crippen LogP contribution in [0.25, 0.3) is 31.4 Å². The van der Waals surface area contributed by atoms with Crippen molar-refractivity contribution in [3.8, 4) is 10.4 Å². The van der Waals surface area contributed by atoms with Crippen LogP contribution in [0.4, 0.5) is 11.4 Å². The van der Waals surface area contributed by atoms with Gasteiger partial charge in [0.2, 0.25) is 0 Å². The first-order chi connectivity index (χ1) is 14.6. The van der Waals surface area contributed by atoms with E-state index in [1.165, 1.54) is 6.21 Å². The van der Waals surface area contributed by atoms with Crippen LogP contribution < -0.4 is 11.1 Å². The molecule has 0 fully saturated rings. The van der Waals surface area contributed by atoms with Crippen molar-refractivity contribution in [2.24, 2.45) is 0 Å². The minimum absolute atomic E-state index is 0.213. The molecular formula is C24H18N4OS. The van der Waals surface area contributed by atoms with Crippen LogP contribution in [-0.4, -0.2) is 17.1 Å². The molecule has 5 aromatic rings. The van der Waals surface area contributed by atoms with Gasteiger partial charge in [0, 0.05) is 55.4 Å². The van der Waals surface area contributed by atoms with Gasteiger partial charge in [-0.1, -0.05) is 36.4 Å². The van der Waals surface area contributed by atoms with Crippen molar-refractivity contribution in [3.63, 3.8) is 0 Å². The molecule has 0 unspecified atom stereocenters. The summed E-state index contributed by atoms with van der Waals surface area (Å²) in [7, 11) is 0. The number of amides is 1. The maximum absolute atomic E-state index is 12.9. The molecule has 0 saturated heterocycles. The molecule has 0 aliphatic rings. The molecule has 5 N–H and O–H groups in total. The van der Waals surface area contributed by atoms with Gasteiger partial charge in [0.05, 0.1) is 5.56 Å². The second-order valence-electron chi connectivity index (χ2n) is 7.02. The fraction of sp³-hybridized carbons (Fsp3) is 0. The van der Waals surface area contributed by atoms with Gasteiger partial charge in [0.1, 0.15) is 0 Å². The highest BCUT2D eigenvalue weighted by atomic mass is 32.1. The Balaban J connectivity index is 1.56. The first kappa shape index (κ1) is 18.1. The molecule has 5 rings (SSSR count). The molecule has 0 aliphatic carbocycles. The summed E-state index contributed by atoms with van der Waals surface area (Å²) in [5, 5.41) is 12.7. The number of anilines is 2. The van der Waals surface area contributed by atoms with Crippen LogP contribution in [0.2, 0.25) is 0 Å². The highest BCUT2D eigenvalue weighted by Gasteiger charge is 2.16. The minimum atomic E-state index is -0.213. The molecule has 30 heavy (non-hydrogen) atoms. The number of benzene rings is 3. The minimum Gasteiger partial charge on any atom is -0.398 e. The normalized spacial score (nSPS) is 11.1. The number of carbonyl (C=O) groups is 1. The standard InChI is InChI=1S/C24H18N4OS/c25-12-15-9-16(28-24(29)19-13-27-20-7-3-2-6-17(19)20)11-18(23(15)26)22-10-14-5-1-4-8-21(14)30-22/h1-13,25,27H,26H2,(H,28,29). The van der Waals surface area contributed by atoms with Crippen LogP contribution in [-0.2, 0) is 0 Å². The number of para-hydroxylation sites is 1. The topological polar surface area (TPSA) is 94.8 Å². The van der Waals surface area contributed by atoms with Gasteiger partial charge in [-0.3, -0.25) is 4.79 Å². The molecule has 5 nitrogen and oxygen atoms in total. The van der Waals surface area contributed by atoms with Gasteiger partial charge in [-0.2, -0.15) is 0 Å². The monoisotopic (exact) mass is 410 g/mol. The quantitative estimate of drug-likeness (QED) is 0.220. The van der Waals surface area contributed by atoms with Crippen LogP contribution >= 0.6 is 11.3 Å². The highest BCUT2D eigenvalue weighted by Crippen LogP contribution is 2.39. The van der Waals surface area contributed by atoms with Crippen molar-refractivity contribution in [2.45, 2.75) is 0 Å². The number of nitrogens with two attached hydrogens (primary N) is 1. The Hall–Kier alpha value is -3.90. The first-order valence-corrected chi connectivity index (χ1v) is 10.3. The molecule has 2 aromatic heterocycles. The van der Waals surface area contributed by atoms with Gasteiger partial charge in [0.15, 0.2) is 0 Å². The molecule has 0 radical (unpaired) electrons. The third-order valence-corrected chi connectivity index (χ3v) is 6.30. The summed E-state index contributed by atoms with van der Waals surface area (Å²) in [6.07, 6.45) is 2.93. The zero-order valence-electron chi connectivity index (χ0n) is 15.9. The van der Waals surface area contributed by atoms with E-state index in [0.29, 0.717) is 22.5 Å². The third-order valence-electron chi connectivity index (χ3n) is 5.15. The number of H-pyrrole nitrogens is 1. The van der Waals surface area contributed by atoms with Crippen LogP contribution in [0.3, 0.4) is 0 Å². The number of nitrogens with one attached hydrogen (secondary N) is 3. The lowest BCUT2D eigenvalue weighted by Crippen LogP contribution is -2.12. The Morgan fingerprint density at radius 2 is 1.87 bits per heavy atom. The summed E-state index contributed by atoms with van der Waals surface area (Å²) in [4.78, 5) is 17.1. The predicted octanol–water partition coefficient (Wildman–Crippen LogP) is 5.88. The van der Waals surface area contributed by atoms with Gasteiger partial charge in [0.25, 0.3) is 5.91 Å². The number of hydrogen-bond acceptors (Lipinski definition) is 4. The fourth-order valence-corrected chi connectivity index (χ4v) is 4.74.